The molecular formula is C18H20N2O3S. The van der Waals surface area contributed by atoms with Gasteiger partial charge in [-0.2, -0.15) is 0 Å². The van der Waals surface area contributed by atoms with E-state index >= 15 is 0 Å². The Balaban J connectivity index is 1.66. The molecule has 1 atom stereocenters. The predicted octanol–water partition coefficient (Wildman–Crippen LogP) is 3.31. The molecule has 1 aromatic carbocycles. The normalized spacial score (nSPS) is 16.3. The fourth-order valence-electron chi connectivity index (χ4n) is 3.02. The molecule has 3 rings (SSSR count). The summed E-state index contributed by atoms with van der Waals surface area (Å²) in [5, 5.41) is 5.20. The zero-order chi connectivity index (χ0) is 16.9. The summed E-state index contributed by atoms with van der Waals surface area (Å²) in [7, 11) is 0. The lowest BCUT2D eigenvalue weighted by atomic mass is 9.82. The minimum atomic E-state index is -0.304. The summed E-state index contributed by atoms with van der Waals surface area (Å²) >= 11 is 1.33. The second kappa shape index (κ2) is 7.57. The van der Waals surface area contributed by atoms with E-state index in [0.29, 0.717) is 17.4 Å². The summed E-state index contributed by atoms with van der Waals surface area (Å²) in [5.74, 6) is -0.464. The Morgan fingerprint density at radius 3 is 3.04 bits per heavy atom. The number of nitrogens with one attached hydrogen (secondary N) is 1. The molecule has 126 valence electrons. The van der Waals surface area contributed by atoms with Crippen LogP contribution in [0.15, 0.2) is 29.6 Å². The smallest absolute Gasteiger partial charge is 0.311 e. The maximum Gasteiger partial charge on any atom is 0.311 e. The molecule has 0 fully saturated rings. The molecule has 1 unspecified atom stereocenters. The van der Waals surface area contributed by atoms with Crippen molar-refractivity contribution in [2.75, 3.05) is 11.9 Å². The van der Waals surface area contributed by atoms with Crippen LogP contribution in [0.3, 0.4) is 0 Å². The van der Waals surface area contributed by atoms with Crippen LogP contribution in [0.5, 0.6) is 0 Å². The molecule has 0 bridgehead atoms. The summed E-state index contributed by atoms with van der Waals surface area (Å²) in [6.45, 7) is 2.13. The van der Waals surface area contributed by atoms with Crippen molar-refractivity contribution in [1.82, 2.24) is 4.98 Å². The van der Waals surface area contributed by atoms with E-state index in [-0.39, 0.29) is 24.2 Å². The number of carbonyl (C=O) groups excluding carboxylic acids is 2. The van der Waals surface area contributed by atoms with Gasteiger partial charge in [-0.15, -0.1) is 11.3 Å². The number of benzene rings is 1. The quantitative estimate of drug-likeness (QED) is 0.845. The Morgan fingerprint density at radius 2 is 2.21 bits per heavy atom. The first-order valence-electron chi connectivity index (χ1n) is 8.16. The highest BCUT2D eigenvalue weighted by atomic mass is 32.1. The van der Waals surface area contributed by atoms with Crippen molar-refractivity contribution in [3.05, 3.63) is 46.5 Å². The van der Waals surface area contributed by atoms with Gasteiger partial charge < -0.3 is 10.1 Å². The SMILES string of the molecule is CCOC(=O)Cc1csc(NC(=O)C2CCCc3ccccc32)n1. The van der Waals surface area contributed by atoms with E-state index in [1.54, 1.807) is 12.3 Å². The van der Waals surface area contributed by atoms with Crippen LogP contribution in [-0.2, 0) is 27.2 Å². The summed E-state index contributed by atoms with van der Waals surface area (Å²) in [5.41, 5.74) is 2.99. The molecule has 1 aliphatic rings. The van der Waals surface area contributed by atoms with Crippen LogP contribution in [0.4, 0.5) is 5.13 Å². The fraction of sp³-hybridized carbons (Fsp3) is 0.389. The van der Waals surface area contributed by atoms with Crippen molar-refractivity contribution in [2.45, 2.75) is 38.5 Å². The number of fused-ring (bicyclic) bond motifs is 1. The van der Waals surface area contributed by atoms with Gasteiger partial charge in [-0.05, 0) is 37.3 Å². The second-order valence-corrected chi connectivity index (χ2v) is 6.62. The van der Waals surface area contributed by atoms with Crippen molar-refractivity contribution in [1.29, 1.82) is 0 Å². The number of rotatable bonds is 5. The van der Waals surface area contributed by atoms with E-state index in [1.165, 1.54) is 16.9 Å². The predicted molar refractivity (Wildman–Crippen MR) is 93.2 cm³/mol. The van der Waals surface area contributed by atoms with Crippen LogP contribution >= 0.6 is 11.3 Å². The number of nitrogens with zero attached hydrogens (tertiary/aromatic N) is 1. The number of hydrogen-bond acceptors (Lipinski definition) is 5. The third-order valence-electron chi connectivity index (χ3n) is 4.10. The summed E-state index contributed by atoms with van der Waals surface area (Å²) in [4.78, 5) is 28.4. The van der Waals surface area contributed by atoms with Gasteiger partial charge in [-0.1, -0.05) is 24.3 Å². The third-order valence-corrected chi connectivity index (χ3v) is 4.91. The Labute approximate surface area is 145 Å². The van der Waals surface area contributed by atoms with Gasteiger partial charge in [0.15, 0.2) is 5.13 Å². The van der Waals surface area contributed by atoms with Crippen LogP contribution in [0.1, 0.15) is 42.5 Å². The number of aryl methyl sites for hydroxylation is 1. The molecule has 1 aliphatic carbocycles. The van der Waals surface area contributed by atoms with Gasteiger partial charge in [0, 0.05) is 5.38 Å². The topological polar surface area (TPSA) is 68.3 Å². The fourth-order valence-corrected chi connectivity index (χ4v) is 3.74. The average Bonchev–Trinajstić information content (AvgIpc) is 3.01. The molecule has 1 aromatic heterocycles. The molecule has 2 aromatic rings. The Bertz CT molecular complexity index is 741. The monoisotopic (exact) mass is 344 g/mol. The van der Waals surface area contributed by atoms with Gasteiger partial charge >= 0.3 is 5.97 Å². The Morgan fingerprint density at radius 1 is 1.38 bits per heavy atom. The highest BCUT2D eigenvalue weighted by Crippen LogP contribution is 2.32. The van der Waals surface area contributed by atoms with Crippen molar-refractivity contribution in [2.24, 2.45) is 0 Å². The number of carbonyl (C=O) groups is 2. The third kappa shape index (κ3) is 3.82. The molecule has 24 heavy (non-hydrogen) atoms. The highest BCUT2D eigenvalue weighted by molar-refractivity contribution is 7.13. The largest absolute Gasteiger partial charge is 0.466 e. The molecule has 6 heteroatoms. The van der Waals surface area contributed by atoms with Gasteiger partial charge in [0.1, 0.15) is 0 Å². The Hall–Kier alpha value is -2.21. The van der Waals surface area contributed by atoms with Crippen molar-refractivity contribution in [3.8, 4) is 0 Å². The van der Waals surface area contributed by atoms with Gasteiger partial charge in [0.05, 0.1) is 24.6 Å². The highest BCUT2D eigenvalue weighted by Gasteiger charge is 2.26. The van der Waals surface area contributed by atoms with Crippen LogP contribution in [0.2, 0.25) is 0 Å². The van der Waals surface area contributed by atoms with Crippen molar-refractivity contribution >= 4 is 28.3 Å². The second-order valence-electron chi connectivity index (χ2n) is 5.76. The van der Waals surface area contributed by atoms with E-state index in [9.17, 15) is 9.59 Å². The standard InChI is InChI=1S/C18H20N2O3S/c1-2-23-16(21)10-13-11-24-18(19-13)20-17(22)15-9-5-7-12-6-3-4-8-14(12)15/h3-4,6,8,11,15H,2,5,7,9-10H2,1H3,(H,19,20,22). The lowest BCUT2D eigenvalue weighted by Crippen LogP contribution is -2.24. The van der Waals surface area contributed by atoms with Gasteiger partial charge in [0.2, 0.25) is 5.91 Å². The minimum absolute atomic E-state index is 0.0285. The maximum absolute atomic E-state index is 12.6. The van der Waals surface area contributed by atoms with Crippen molar-refractivity contribution < 1.29 is 14.3 Å². The number of amides is 1. The molecule has 1 amide bonds. The molecule has 1 heterocycles. The van der Waals surface area contributed by atoms with E-state index in [0.717, 1.165) is 24.8 Å². The molecule has 1 N–H and O–H groups in total. The number of anilines is 1. The first kappa shape index (κ1) is 16.6. The number of ether oxygens (including phenoxy) is 1. The lowest BCUT2D eigenvalue weighted by molar-refractivity contribution is -0.142. The maximum atomic E-state index is 12.6. The molecule has 0 spiro atoms. The van der Waals surface area contributed by atoms with Crippen LogP contribution < -0.4 is 5.32 Å². The van der Waals surface area contributed by atoms with E-state index in [2.05, 4.69) is 16.4 Å². The molecule has 0 saturated carbocycles. The molecule has 0 aliphatic heterocycles. The summed E-state index contributed by atoms with van der Waals surface area (Å²) in [6, 6.07) is 8.12. The molecule has 5 nitrogen and oxygen atoms in total. The molecular weight excluding hydrogens is 324 g/mol. The number of esters is 1. The first-order valence-corrected chi connectivity index (χ1v) is 9.04. The van der Waals surface area contributed by atoms with Gasteiger partial charge in [0.25, 0.3) is 0 Å². The van der Waals surface area contributed by atoms with Gasteiger partial charge in [-0.3, -0.25) is 9.59 Å². The average molecular weight is 344 g/mol. The van der Waals surface area contributed by atoms with E-state index in [4.69, 9.17) is 4.74 Å². The summed E-state index contributed by atoms with van der Waals surface area (Å²) in [6.07, 6.45) is 3.03. The Kier molecular flexibility index (Phi) is 5.25. The summed E-state index contributed by atoms with van der Waals surface area (Å²) < 4.78 is 4.91. The van der Waals surface area contributed by atoms with E-state index in [1.807, 2.05) is 18.2 Å². The lowest BCUT2D eigenvalue weighted by Gasteiger charge is -2.24. The number of thiazole rings is 1. The van der Waals surface area contributed by atoms with Gasteiger partial charge in [-0.25, -0.2) is 4.98 Å². The minimum Gasteiger partial charge on any atom is -0.466 e. The molecule has 0 radical (unpaired) electrons. The number of aromatic nitrogens is 1. The zero-order valence-corrected chi connectivity index (χ0v) is 14.4. The number of hydrogen-bond donors (Lipinski definition) is 1. The van der Waals surface area contributed by atoms with E-state index < -0.39 is 0 Å². The zero-order valence-electron chi connectivity index (χ0n) is 13.6. The van der Waals surface area contributed by atoms with Crippen LogP contribution in [0, 0.1) is 0 Å². The first-order chi connectivity index (χ1) is 11.7. The van der Waals surface area contributed by atoms with Crippen LogP contribution in [-0.4, -0.2) is 23.5 Å². The molecule has 0 saturated heterocycles. The van der Waals surface area contributed by atoms with Crippen LogP contribution in [0.25, 0.3) is 0 Å². The van der Waals surface area contributed by atoms with Crippen molar-refractivity contribution in [3.63, 3.8) is 0 Å².